The molecule has 0 atom stereocenters. The number of nitrogens with one attached hydrogen (secondary N) is 1. The standard InChI is InChI=1S/C14H19IN2O2/c1-14(7-3-2-4-8-14)10-16-12-6-5-11(15)9-13(12)17(18)19/h5-6,9,16H,2-4,7-8,10H2,1H3. The molecule has 0 spiro atoms. The van der Waals surface area contributed by atoms with Gasteiger partial charge in [0.15, 0.2) is 0 Å². The van der Waals surface area contributed by atoms with Gasteiger partial charge in [-0.05, 0) is 53.0 Å². The molecule has 1 saturated carbocycles. The lowest BCUT2D eigenvalue weighted by Gasteiger charge is -2.33. The summed E-state index contributed by atoms with van der Waals surface area (Å²) >= 11 is 2.10. The molecule has 1 aromatic rings. The number of hydrogen-bond donors (Lipinski definition) is 1. The highest BCUT2D eigenvalue weighted by molar-refractivity contribution is 14.1. The Labute approximate surface area is 127 Å². The molecule has 1 aliphatic rings. The van der Waals surface area contributed by atoms with E-state index in [9.17, 15) is 10.1 Å². The van der Waals surface area contributed by atoms with Crippen molar-refractivity contribution >= 4 is 34.0 Å². The minimum Gasteiger partial charge on any atom is -0.379 e. The zero-order valence-electron chi connectivity index (χ0n) is 11.1. The van der Waals surface area contributed by atoms with Crippen LogP contribution in [0.5, 0.6) is 0 Å². The van der Waals surface area contributed by atoms with Gasteiger partial charge >= 0.3 is 0 Å². The van der Waals surface area contributed by atoms with Crippen LogP contribution in [0.4, 0.5) is 11.4 Å². The van der Waals surface area contributed by atoms with E-state index in [1.165, 1.54) is 32.1 Å². The lowest BCUT2D eigenvalue weighted by molar-refractivity contribution is -0.384. The molecule has 0 heterocycles. The van der Waals surface area contributed by atoms with Crippen LogP contribution in [0.2, 0.25) is 0 Å². The minimum atomic E-state index is -0.312. The second kappa shape index (κ2) is 6.07. The van der Waals surface area contributed by atoms with E-state index < -0.39 is 0 Å². The molecule has 1 N–H and O–H groups in total. The highest BCUT2D eigenvalue weighted by Crippen LogP contribution is 2.36. The lowest BCUT2D eigenvalue weighted by Crippen LogP contribution is -2.29. The Bertz CT molecular complexity index is 471. The summed E-state index contributed by atoms with van der Waals surface area (Å²) in [7, 11) is 0. The maximum Gasteiger partial charge on any atom is 0.293 e. The molecule has 1 aromatic carbocycles. The molecule has 1 aliphatic carbocycles. The monoisotopic (exact) mass is 374 g/mol. The molecule has 0 radical (unpaired) electrons. The summed E-state index contributed by atoms with van der Waals surface area (Å²) in [5.74, 6) is 0. The quantitative estimate of drug-likeness (QED) is 0.477. The van der Waals surface area contributed by atoms with E-state index in [1.807, 2.05) is 12.1 Å². The fourth-order valence-corrected chi connectivity index (χ4v) is 3.17. The predicted octanol–water partition coefficient (Wildman–Crippen LogP) is 4.58. The maximum atomic E-state index is 11.1. The number of benzene rings is 1. The van der Waals surface area contributed by atoms with Crippen molar-refractivity contribution in [3.8, 4) is 0 Å². The van der Waals surface area contributed by atoms with Crippen LogP contribution >= 0.6 is 22.6 Å². The molecular formula is C14H19IN2O2. The van der Waals surface area contributed by atoms with Crippen LogP contribution in [0.1, 0.15) is 39.0 Å². The van der Waals surface area contributed by atoms with E-state index in [2.05, 4.69) is 34.8 Å². The van der Waals surface area contributed by atoms with Crippen LogP contribution in [-0.2, 0) is 0 Å². The molecule has 0 saturated heterocycles. The molecule has 0 amide bonds. The predicted molar refractivity (Wildman–Crippen MR) is 85.5 cm³/mol. The summed E-state index contributed by atoms with van der Waals surface area (Å²) in [5, 5.41) is 14.4. The molecule has 104 valence electrons. The zero-order chi connectivity index (χ0) is 13.9. The number of nitro groups is 1. The van der Waals surface area contributed by atoms with Crippen LogP contribution in [0.25, 0.3) is 0 Å². The molecular weight excluding hydrogens is 355 g/mol. The molecule has 4 nitrogen and oxygen atoms in total. The van der Waals surface area contributed by atoms with Gasteiger partial charge in [0.25, 0.3) is 5.69 Å². The number of nitrogens with zero attached hydrogens (tertiary/aromatic N) is 1. The van der Waals surface area contributed by atoms with Crippen molar-refractivity contribution in [1.82, 2.24) is 0 Å². The molecule has 1 fully saturated rings. The van der Waals surface area contributed by atoms with Gasteiger partial charge in [0.05, 0.1) is 4.92 Å². The van der Waals surface area contributed by atoms with Gasteiger partial charge in [0.2, 0.25) is 0 Å². The minimum absolute atomic E-state index is 0.173. The Kier molecular flexibility index (Phi) is 4.65. The van der Waals surface area contributed by atoms with Crippen molar-refractivity contribution in [1.29, 1.82) is 0 Å². The number of anilines is 1. The average Bonchev–Trinajstić information content (AvgIpc) is 2.38. The van der Waals surface area contributed by atoms with E-state index in [0.29, 0.717) is 5.69 Å². The second-order valence-electron chi connectivity index (χ2n) is 5.64. The molecule has 5 heteroatoms. The summed E-state index contributed by atoms with van der Waals surface area (Å²) in [4.78, 5) is 10.8. The van der Waals surface area contributed by atoms with Crippen LogP contribution in [-0.4, -0.2) is 11.5 Å². The Morgan fingerprint density at radius 3 is 2.68 bits per heavy atom. The summed E-state index contributed by atoms with van der Waals surface area (Å²) in [5.41, 5.74) is 1.08. The summed E-state index contributed by atoms with van der Waals surface area (Å²) in [6.45, 7) is 3.09. The molecule has 19 heavy (non-hydrogen) atoms. The third-order valence-corrected chi connectivity index (χ3v) is 4.59. The Balaban J connectivity index is 2.08. The third-order valence-electron chi connectivity index (χ3n) is 3.92. The fraction of sp³-hybridized carbons (Fsp3) is 0.571. The number of nitro benzene ring substituents is 1. The van der Waals surface area contributed by atoms with Gasteiger partial charge in [-0.3, -0.25) is 10.1 Å². The van der Waals surface area contributed by atoms with Crippen molar-refractivity contribution < 1.29 is 4.92 Å². The van der Waals surface area contributed by atoms with Crippen LogP contribution in [0.3, 0.4) is 0 Å². The summed E-state index contributed by atoms with van der Waals surface area (Å²) in [6, 6.07) is 5.33. The summed E-state index contributed by atoms with van der Waals surface area (Å²) < 4.78 is 0.888. The van der Waals surface area contributed by atoms with E-state index in [4.69, 9.17) is 0 Å². The smallest absolute Gasteiger partial charge is 0.293 e. The topological polar surface area (TPSA) is 55.2 Å². The van der Waals surface area contributed by atoms with Crippen molar-refractivity contribution in [2.75, 3.05) is 11.9 Å². The van der Waals surface area contributed by atoms with Crippen LogP contribution in [0.15, 0.2) is 18.2 Å². The normalized spacial score (nSPS) is 18.0. The lowest BCUT2D eigenvalue weighted by atomic mass is 9.76. The number of halogens is 1. The van der Waals surface area contributed by atoms with E-state index >= 15 is 0 Å². The Morgan fingerprint density at radius 1 is 1.37 bits per heavy atom. The van der Waals surface area contributed by atoms with Crippen molar-refractivity contribution in [2.24, 2.45) is 5.41 Å². The van der Waals surface area contributed by atoms with Gasteiger partial charge in [-0.15, -0.1) is 0 Å². The second-order valence-corrected chi connectivity index (χ2v) is 6.89. The third kappa shape index (κ3) is 3.81. The van der Waals surface area contributed by atoms with Gasteiger partial charge in [0.1, 0.15) is 5.69 Å². The first-order chi connectivity index (χ1) is 9.00. The SMILES string of the molecule is CC1(CNc2ccc(I)cc2[N+](=O)[O-])CCCCC1. The fourth-order valence-electron chi connectivity index (χ4n) is 2.70. The van der Waals surface area contributed by atoms with Gasteiger partial charge in [-0.25, -0.2) is 0 Å². The largest absolute Gasteiger partial charge is 0.379 e. The van der Waals surface area contributed by atoms with E-state index in [-0.39, 0.29) is 16.0 Å². The van der Waals surface area contributed by atoms with Gasteiger partial charge in [-0.2, -0.15) is 0 Å². The first-order valence-corrected chi connectivity index (χ1v) is 7.76. The van der Waals surface area contributed by atoms with Crippen LogP contribution < -0.4 is 5.32 Å². The van der Waals surface area contributed by atoms with Gasteiger partial charge < -0.3 is 5.32 Å². The van der Waals surface area contributed by atoms with Gasteiger partial charge in [-0.1, -0.05) is 26.2 Å². The molecule has 0 aromatic heterocycles. The Hall–Kier alpha value is -0.850. The highest BCUT2D eigenvalue weighted by Gasteiger charge is 2.27. The molecule has 0 aliphatic heterocycles. The number of hydrogen-bond acceptors (Lipinski definition) is 3. The van der Waals surface area contributed by atoms with Crippen molar-refractivity contribution in [3.63, 3.8) is 0 Å². The highest BCUT2D eigenvalue weighted by atomic mass is 127. The van der Waals surface area contributed by atoms with Crippen molar-refractivity contribution in [2.45, 2.75) is 39.0 Å². The summed E-state index contributed by atoms with van der Waals surface area (Å²) in [6.07, 6.45) is 6.27. The first kappa shape index (κ1) is 14.6. The molecule has 2 rings (SSSR count). The van der Waals surface area contributed by atoms with E-state index in [0.717, 1.165) is 10.1 Å². The van der Waals surface area contributed by atoms with Crippen LogP contribution in [0, 0.1) is 19.1 Å². The Morgan fingerprint density at radius 2 is 2.05 bits per heavy atom. The average molecular weight is 374 g/mol. The van der Waals surface area contributed by atoms with Gasteiger partial charge in [0, 0.05) is 16.2 Å². The number of rotatable bonds is 4. The zero-order valence-corrected chi connectivity index (χ0v) is 13.3. The first-order valence-electron chi connectivity index (χ1n) is 6.68. The maximum absolute atomic E-state index is 11.1. The van der Waals surface area contributed by atoms with Crippen molar-refractivity contribution in [3.05, 3.63) is 31.9 Å². The van der Waals surface area contributed by atoms with E-state index in [1.54, 1.807) is 6.07 Å². The molecule has 0 unspecified atom stereocenters. The molecule has 0 bridgehead atoms.